The predicted octanol–water partition coefficient (Wildman–Crippen LogP) is 5.75. The van der Waals surface area contributed by atoms with Crippen LogP contribution in [0.25, 0.3) is 11.0 Å². The van der Waals surface area contributed by atoms with Crippen molar-refractivity contribution in [1.29, 1.82) is 0 Å². The Hall–Kier alpha value is -2.04. The summed E-state index contributed by atoms with van der Waals surface area (Å²) in [5, 5.41) is 4.63. The van der Waals surface area contributed by atoms with Crippen LogP contribution < -0.4 is 5.32 Å². The molecule has 5 atom stereocenters. The highest BCUT2D eigenvalue weighted by Gasteiger charge is 2.59. The quantitative estimate of drug-likeness (QED) is 0.563. The number of carbonyl (C=O) groups excluding carboxylic acids is 1. The van der Waals surface area contributed by atoms with Gasteiger partial charge in [-0.05, 0) is 79.5 Å². The largest absolute Gasteiger partial charge is 0.349 e. The van der Waals surface area contributed by atoms with Gasteiger partial charge >= 0.3 is 0 Å². The van der Waals surface area contributed by atoms with Gasteiger partial charge in [-0.25, -0.2) is 4.98 Å². The third-order valence-corrected chi connectivity index (χ3v) is 7.23. The van der Waals surface area contributed by atoms with Crippen LogP contribution in [0.5, 0.6) is 0 Å². The molecule has 29 heavy (non-hydrogen) atoms. The maximum absolute atomic E-state index is 12.6. The first-order chi connectivity index (χ1) is 14.0. The molecule has 1 aromatic heterocycles. The maximum atomic E-state index is 12.6. The third kappa shape index (κ3) is 3.43. The van der Waals surface area contributed by atoms with Gasteiger partial charge in [0, 0.05) is 27.7 Å². The fourth-order valence-electron chi connectivity index (χ4n) is 5.31. The van der Waals surface area contributed by atoms with Crippen LogP contribution in [0.1, 0.15) is 42.6 Å². The van der Waals surface area contributed by atoms with E-state index in [1.54, 1.807) is 24.3 Å². The molecule has 1 unspecified atom stereocenters. The monoisotopic (exact) mass is 427 g/mol. The Labute approximate surface area is 180 Å². The smallest absolute Gasteiger partial charge is 0.251 e. The zero-order valence-corrected chi connectivity index (χ0v) is 17.7. The van der Waals surface area contributed by atoms with Gasteiger partial charge in [-0.1, -0.05) is 30.1 Å². The van der Waals surface area contributed by atoms with Crippen molar-refractivity contribution >= 4 is 40.1 Å². The molecule has 1 N–H and O–H groups in total. The second kappa shape index (κ2) is 7.33. The Morgan fingerprint density at radius 1 is 1.14 bits per heavy atom. The third-order valence-electron chi connectivity index (χ3n) is 6.74. The molecule has 150 valence electrons. The Balaban J connectivity index is 1.25. The zero-order chi connectivity index (χ0) is 20.1. The van der Waals surface area contributed by atoms with Crippen molar-refractivity contribution in [1.82, 2.24) is 14.9 Å². The number of fused-ring (bicyclic) bond motifs is 2. The number of aromatic nitrogens is 2. The van der Waals surface area contributed by atoms with E-state index in [0.29, 0.717) is 34.4 Å². The van der Waals surface area contributed by atoms with E-state index < -0.39 is 0 Å². The van der Waals surface area contributed by atoms with Gasteiger partial charge < -0.3 is 9.88 Å². The average Bonchev–Trinajstić information content (AvgIpc) is 3.06. The Kier molecular flexibility index (Phi) is 4.79. The molecule has 2 aromatic carbocycles. The van der Waals surface area contributed by atoms with Gasteiger partial charge in [-0.15, -0.1) is 0 Å². The Bertz CT molecular complexity index is 1050. The molecule has 0 aliphatic heterocycles. The molecule has 0 bridgehead atoms. The number of nitrogens with one attached hydrogen (secondary N) is 1. The van der Waals surface area contributed by atoms with Crippen molar-refractivity contribution < 1.29 is 4.79 Å². The first-order valence-corrected chi connectivity index (χ1v) is 11.0. The summed E-state index contributed by atoms with van der Waals surface area (Å²) in [6.07, 6.45) is 5.20. The van der Waals surface area contributed by atoms with Gasteiger partial charge in [0.15, 0.2) is 0 Å². The lowest BCUT2D eigenvalue weighted by Crippen LogP contribution is -2.37. The van der Waals surface area contributed by atoms with Crippen molar-refractivity contribution in [3.05, 3.63) is 64.4 Å². The summed E-state index contributed by atoms with van der Waals surface area (Å²) in [4.78, 5) is 17.2. The summed E-state index contributed by atoms with van der Waals surface area (Å²) in [5.74, 6) is 1.93. The number of rotatable bonds is 5. The van der Waals surface area contributed by atoms with Gasteiger partial charge in [0.1, 0.15) is 0 Å². The summed E-state index contributed by atoms with van der Waals surface area (Å²) < 4.78 is 2.31. The molecule has 2 aliphatic carbocycles. The summed E-state index contributed by atoms with van der Waals surface area (Å²) >= 11 is 12.0. The minimum atomic E-state index is -0.00692. The van der Waals surface area contributed by atoms with Gasteiger partial charge in [-0.3, -0.25) is 4.79 Å². The first kappa shape index (κ1) is 19.0. The van der Waals surface area contributed by atoms with Crippen LogP contribution >= 0.6 is 23.2 Å². The predicted molar refractivity (Wildman–Crippen MR) is 116 cm³/mol. The van der Waals surface area contributed by atoms with Crippen LogP contribution in [-0.2, 0) is 0 Å². The fraction of sp³-hybridized carbons (Fsp3) is 0.391. The molecular formula is C23H23Cl2N3O. The van der Waals surface area contributed by atoms with Gasteiger partial charge in [0.25, 0.3) is 5.91 Å². The number of benzene rings is 2. The summed E-state index contributed by atoms with van der Waals surface area (Å²) in [7, 11) is 0. The molecule has 1 heterocycles. The van der Waals surface area contributed by atoms with Gasteiger partial charge in [-0.2, -0.15) is 0 Å². The molecule has 6 heteroatoms. The average molecular weight is 428 g/mol. The van der Waals surface area contributed by atoms with E-state index in [0.717, 1.165) is 35.3 Å². The fourth-order valence-corrected chi connectivity index (χ4v) is 5.60. The highest BCUT2D eigenvalue weighted by atomic mass is 35.5. The number of hydrogen-bond acceptors (Lipinski definition) is 2. The number of amides is 1. The van der Waals surface area contributed by atoms with Crippen molar-refractivity contribution in [3.63, 3.8) is 0 Å². The summed E-state index contributed by atoms with van der Waals surface area (Å²) in [5.41, 5.74) is 2.77. The Morgan fingerprint density at radius 2 is 1.83 bits per heavy atom. The second-order valence-electron chi connectivity index (χ2n) is 8.31. The van der Waals surface area contributed by atoms with E-state index in [1.807, 2.05) is 18.5 Å². The lowest BCUT2D eigenvalue weighted by atomic mass is 9.99. The lowest BCUT2D eigenvalue weighted by Gasteiger charge is -2.22. The summed E-state index contributed by atoms with van der Waals surface area (Å²) in [6.45, 7) is 2.16. The number of hydrogen-bond donors (Lipinski definition) is 1. The van der Waals surface area contributed by atoms with E-state index in [9.17, 15) is 4.79 Å². The van der Waals surface area contributed by atoms with E-state index in [2.05, 4.69) is 27.9 Å². The first-order valence-electron chi connectivity index (χ1n) is 10.2. The molecule has 2 saturated carbocycles. The van der Waals surface area contributed by atoms with Crippen LogP contribution in [0.3, 0.4) is 0 Å². The number of carbonyl (C=O) groups is 1. The van der Waals surface area contributed by atoms with Gasteiger partial charge in [0.2, 0.25) is 0 Å². The molecule has 2 aliphatic rings. The molecular weight excluding hydrogens is 405 g/mol. The van der Waals surface area contributed by atoms with Crippen molar-refractivity contribution in [2.24, 2.45) is 17.8 Å². The van der Waals surface area contributed by atoms with Crippen molar-refractivity contribution in [2.45, 2.75) is 38.3 Å². The SMILES string of the molecule is CCC(NC(=O)c1ccc(Cl)cc1)[C@H]1[C@@H]2C[C@@H](n3cnc4cc(Cl)ccc43)C[C@@H]21. The summed E-state index contributed by atoms with van der Waals surface area (Å²) in [6, 6.07) is 13.7. The van der Waals surface area contributed by atoms with Crippen LogP contribution in [0.15, 0.2) is 48.8 Å². The molecule has 0 saturated heterocycles. The van der Waals surface area contributed by atoms with Crippen molar-refractivity contribution in [3.8, 4) is 0 Å². The maximum Gasteiger partial charge on any atom is 0.251 e. The standard InChI is InChI=1S/C23H23Cl2N3O/c1-2-19(27-23(29)13-3-5-14(24)6-4-13)22-17-10-16(11-18(17)22)28-12-26-20-9-15(25)7-8-21(20)28/h3-9,12,16-19,22H,2,10-11H2,1H3,(H,27,29)/t16-,17-,18+,19?,22+. The van der Waals surface area contributed by atoms with Crippen LogP contribution in [-0.4, -0.2) is 21.5 Å². The molecule has 0 spiro atoms. The second-order valence-corrected chi connectivity index (χ2v) is 9.18. The molecule has 5 rings (SSSR count). The highest BCUT2D eigenvalue weighted by molar-refractivity contribution is 6.31. The van der Waals surface area contributed by atoms with Gasteiger partial charge in [0.05, 0.1) is 17.4 Å². The molecule has 3 aromatic rings. The lowest BCUT2D eigenvalue weighted by molar-refractivity contribution is 0.0927. The topological polar surface area (TPSA) is 46.9 Å². The van der Waals surface area contributed by atoms with E-state index >= 15 is 0 Å². The molecule has 1 amide bonds. The minimum absolute atomic E-state index is 0.00692. The molecule has 2 fully saturated rings. The highest BCUT2D eigenvalue weighted by Crippen LogP contribution is 2.62. The minimum Gasteiger partial charge on any atom is -0.349 e. The van der Waals surface area contributed by atoms with Crippen LogP contribution in [0, 0.1) is 17.8 Å². The van der Waals surface area contributed by atoms with Crippen LogP contribution in [0.4, 0.5) is 0 Å². The number of nitrogens with zero attached hydrogens (tertiary/aromatic N) is 2. The van der Waals surface area contributed by atoms with E-state index in [1.165, 1.54) is 0 Å². The zero-order valence-electron chi connectivity index (χ0n) is 16.2. The number of halogens is 2. The van der Waals surface area contributed by atoms with E-state index in [4.69, 9.17) is 23.2 Å². The number of imidazole rings is 1. The van der Waals surface area contributed by atoms with Crippen LogP contribution in [0.2, 0.25) is 10.0 Å². The molecule has 0 radical (unpaired) electrons. The van der Waals surface area contributed by atoms with Crippen molar-refractivity contribution in [2.75, 3.05) is 0 Å². The normalized spacial score (nSPS) is 26.3. The molecule has 4 nitrogen and oxygen atoms in total. The Morgan fingerprint density at radius 3 is 2.52 bits per heavy atom. The van der Waals surface area contributed by atoms with E-state index in [-0.39, 0.29) is 11.9 Å².